The summed E-state index contributed by atoms with van der Waals surface area (Å²) in [4.78, 5) is -0.119. The summed E-state index contributed by atoms with van der Waals surface area (Å²) in [6, 6.07) is 2.20. The molecular formula is C12H18FNO3S. The first-order valence-corrected chi connectivity index (χ1v) is 7.22. The molecule has 18 heavy (non-hydrogen) atoms. The van der Waals surface area contributed by atoms with Crippen molar-refractivity contribution >= 4 is 10.0 Å². The number of hydrogen-bond acceptors (Lipinski definition) is 3. The van der Waals surface area contributed by atoms with Crippen molar-refractivity contribution in [1.82, 2.24) is 4.72 Å². The van der Waals surface area contributed by atoms with Crippen molar-refractivity contribution in [2.45, 2.75) is 44.7 Å². The molecule has 0 saturated heterocycles. The lowest BCUT2D eigenvalue weighted by Gasteiger charge is -2.15. The minimum atomic E-state index is -3.76. The van der Waals surface area contributed by atoms with Crippen molar-refractivity contribution in [3.8, 4) is 0 Å². The molecule has 1 unspecified atom stereocenters. The van der Waals surface area contributed by atoms with Gasteiger partial charge < -0.3 is 5.11 Å². The van der Waals surface area contributed by atoms with E-state index in [2.05, 4.69) is 4.72 Å². The minimum absolute atomic E-state index is 0.0583. The van der Waals surface area contributed by atoms with Crippen LogP contribution in [0, 0.1) is 12.7 Å². The van der Waals surface area contributed by atoms with Crippen molar-refractivity contribution < 1.29 is 17.9 Å². The molecular weight excluding hydrogens is 257 g/mol. The second-order valence-electron chi connectivity index (χ2n) is 4.29. The molecule has 0 spiro atoms. The van der Waals surface area contributed by atoms with Crippen LogP contribution in [0.5, 0.6) is 0 Å². The number of aliphatic hydroxyl groups is 1. The molecule has 0 aromatic heterocycles. The average molecular weight is 275 g/mol. The Morgan fingerprint density at radius 3 is 2.56 bits per heavy atom. The zero-order chi connectivity index (χ0) is 13.9. The topological polar surface area (TPSA) is 66.4 Å². The summed E-state index contributed by atoms with van der Waals surface area (Å²) in [5.74, 6) is -0.633. The summed E-state index contributed by atoms with van der Waals surface area (Å²) in [5, 5.41) is 8.99. The second kappa shape index (κ2) is 5.77. The standard InChI is InChI=1S/C12H18FNO3S/c1-4-8(2)14-18(16,17)12-6-10(7-15)5-11(13)9(12)3/h5-6,8,14-15H,4,7H2,1-3H3. The molecule has 1 aromatic rings. The van der Waals surface area contributed by atoms with Crippen LogP contribution in [0.25, 0.3) is 0 Å². The molecule has 0 aliphatic heterocycles. The molecule has 6 heteroatoms. The number of aliphatic hydroxyl groups excluding tert-OH is 1. The molecule has 0 aliphatic rings. The molecule has 2 N–H and O–H groups in total. The summed E-state index contributed by atoms with van der Waals surface area (Å²) in [5.41, 5.74) is 0.297. The Labute approximate surface area is 107 Å². The summed E-state index contributed by atoms with van der Waals surface area (Å²) in [6.45, 7) is 4.59. The van der Waals surface area contributed by atoms with Gasteiger partial charge in [-0.25, -0.2) is 17.5 Å². The van der Waals surface area contributed by atoms with Crippen molar-refractivity contribution in [3.05, 3.63) is 29.1 Å². The van der Waals surface area contributed by atoms with Gasteiger partial charge in [0.2, 0.25) is 10.0 Å². The van der Waals surface area contributed by atoms with E-state index in [1.54, 1.807) is 6.92 Å². The maximum Gasteiger partial charge on any atom is 0.241 e. The van der Waals surface area contributed by atoms with E-state index in [1.807, 2.05) is 6.92 Å². The van der Waals surface area contributed by atoms with Gasteiger partial charge in [-0.1, -0.05) is 6.92 Å². The number of nitrogens with one attached hydrogen (secondary N) is 1. The number of halogens is 1. The zero-order valence-corrected chi connectivity index (χ0v) is 11.5. The minimum Gasteiger partial charge on any atom is -0.392 e. The lowest BCUT2D eigenvalue weighted by molar-refractivity contribution is 0.281. The number of benzene rings is 1. The summed E-state index contributed by atoms with van der Waals surface area (Å²) in [7, 11) is -3.76. The lowest BCUT2D eigenvalue weighted by atomic mass is 10.1. The van der Waals surface area contributed by atoms with Crippen molar-refractivity contribution in [1.29, 1.82) is 0 Å². The lowest BCUT2D eigenvalue weighted by Crippen LogP contribution is -2.32. The highest BCUT2D eigenvalue weighted by Crippen LogP contribution is 2.21. The second-order valence-corrected chi connectivity index (χ2v) is 5.97. The molecule has 0 saturated carbocycles. The highest BCUT2D eigenvalue weighted by molar-refractivity contribution is 7.89. The van der Waals surface area contributed by atoms with E-state index in [0.29, 0.717) is 6.42 Å². The molecule has 0 radical (unpaired) electrons. The maximum absolute atomic E-state index is 13.6. The first-order valence-electron chi connectivity index (χ1n) is 5.74. The number of hydrogen-bond donors (Lipinski definition) is 2. The first kappa shape index (κ1) is 15.1. The van der Waals surface area contributed by atoms with Crippen LogP contribution in [-0.2, 0) is 16.6 Å². The SMILES string of the molecule is CCC(C)NS(=O)(=O)c1cc(CO)cc(F)c1C. The van der Waals surface area contributed by atoms with Gasteiger partial charge in [0, 0.05) is 11.6 Å². The van der Waals surface area contributed by atoms with Gasteiger partial charge in [0.25, 0.3) is 0 Å². The largest absolute Gasteiger partial charge is 0.392 e. The first-order chi connectivity index (χ1) is 8.31. The quantitative estimate of drug-likeness (QED) is 0.859. The van der Waals surface area contributed by atoms with Crippen molar-refractivity contribution in [2.24, 2.45) is 0 Å². The molecule has 1 rings (SSSR count). The fourth-order valence-electron chi connectivity index (χ4n) is 1.49. The van der Waals surface area contributed by atoms with Gasteiger partial charge >= 0.3 is 0 Å². The van der Waals surface area contributed by atoms with Gasteiger partial charge in [0.1, 0.15) is 5.82 Å². The molecule has 102 valence electrons. The van der Waals surface area contributed by atoms with Crippen LogP contribution in [-0.4, -0.2) is 19.6 Å². The van der Waals surface area contributed by atoms with Crippen LogP contribution in [0.15, 0.2) is 17.0 Å². The van der Waals surface area contributed by atoms with Crippen LogP contribution in [0.4, 0.5) is 4.39 Å². The van der Waals surface area contributed by atoms with Crippen LogP contribution >= 0.6 is 0 Å². The molecule has 1 aromatic carbocycles. The Kier molecular flexibility index (Phi) is 4.84. The van der Waals surface area contributed by atoms with Gasteiger partial charge in [-0.3, -0.25) is 0 Å². The van der Waals surface area contributed by atoms with Crippen LogP contribution in [0.3, 0.4) is 0 Å². The van der Waals surface area contributed by atoms with E-state index in [1.165, 1.54) is 13.0 Å². The van der Waals surface area contributed by atoms with Gasteiger partial charge in [0.05, 0.1) is 11.5 Å². The van der Waals surface area contributed by atoms with E-state index >= 15 is 0 Å². The Morgan fingerprint density at radius 2 is 2.06 bits per heavy atom. The summed E-state index contributed by atoms with van der Waals surface area (Å²) < 4.78 is 40.2. The fourth-order valence-corrected chi connectivity index (χ4v) is 3.12. The van der Waals surface area contributed by atoms with E-state index in [0.717, 1.165) is 6.07 Å². The predicted octanol–water partition coefficient (Wildman–Crippen LogP) is 1.70. The van der Waals surface area contributed by atoms with Gasteiger partial charge in [-0.15, -0.1) is 0 Å². The van der Waals surface area contributed by atoms with E-state index < -0.39 is 22.4 Å². The zero-order valence-electron chi connectivity index (χ0n) is 10.7. The Morgan fingerprint density at radius 1 is 1.44 bits per heavy atom. The molecule has 4 nitrogen and oxygen atoms in total. The normalized spacial score (nSPS) is 13.6. The molecule has 0 bridgehead atoms. The number of sulfonamides is 1. The third-order valence-corrected chi connectivity index (χ3v) is 4.51. The van der Waals surface area contributed by atoms with Gasteiger partial charge in [0.15, 0.2) is 0 Å². The van der Waals surface area contributed by atoms with Crippen LogP contribution < -0.4 is 4.72 Å². The third kappa shape index (κ3) is 3.28. The van der Waals surface area contributed by atoms with Crippen LogP contribution in [0.1, 0.15) is 31.4 Å². The predicted molar refractivity (Wildman–Crippen MR) is 67.1 cm³/mol. The van der Waals surface area contributed by atoms with E-state index in [9.17, 15) is 12.8 Å². The molecule has 0 amide bonds. The maximum atomic E-state index is 13.6. The Bertz CT molecular complexity index is 528. The summed E-state index contributed by atoms with van der Waals surface area (Å²) >= 11 is 0. The Hall–Kier alpha value is -0.980. The monoisotopic (exact) mass is 275 g/mol. The van der Waals surface area contributed by atoms with Crippen LogP contribution in [0.2, 0.25) is 0 Å². The fraction of sp³-hybridized carbons (Fsp3) is 0.500. The third-order valence-electron chi connectivity index (χ3n) is 2.80. The van der Waals surface area contributed by atoms with E-state index in [-0.39, 0.29) is 22.1 Å². The van der Waals surface area contributed by atoms with Gasteiger partial charge in [-0.2, -0.15) is 0 Å². The molecule has 0 fully saturated rings. The highest BCUT2D eigenvalue weighted by atomic mass is 32.2. The highest BCUT2D eigenvalue weighted by Gasteiger charge is 2.21. The average Bonchev–Trinajstić information content (AvgIpc) is 2.31. The van der Waals surface area contributed by atoms with Gasteiger partial charge in [-0.05, 0) is 38.0 Å². The van der Waals surface area contributed by atoms with Crippen molar-refractivity contribution in [3.63, 3.8) is 0 Å². The molecule has 1 atom stereocenters. The van der Waals surface area contributed by atoms with Crippen molar-refractivity contribution in [2.75, 3.05) is 0 Å². The molecule has 0 heterocycles. The number of rotatable bonds is 5. The molecule has 0 aliphatic carbocycles. The smallest absolute Gasteiger partial charge is 0.241 e. The summed E-state index contributed by atoms with van der Waals surface area (Å²) in [6.07, 6.45) is 0.639. The van der Waals surface area contributed by atoms with E-state index in [4.69, 9.17) is 5.11 Å². The Balaban J connectivity index is 3.27.